The van der Waals surface area contributed by atoms with E-state index in [-0.39, 0.29) is 17.9 Å². The highest BCUT2D eigenvalue weighted by molar-refractivity contribution is 5.82. The lowest BCUT2D eigenvalue weighted by Crippen LogP contribution is -2.50. The van der Waals surface area contributed by atoms with Crippen LogP contribution in [0.25, 0.3) is 0 Å². The lowest BCUT2D eigenvalue weighted by Gasteiger charge is -2.32. The molecule has 1 aliphatic rings. The number of likely N-dealkylation sites (tertiary alicyclic amines) is 1. The first-order valence-corrected chi connectivity index (χ1v) is 6.66. The largest absolute Gasteiger partial charge is 0.358 e. The number of amides is 2. The minimum atomic E-state index is -0.513. The number of hydrogen-bond donors (Lipinski definition) is 3. The number of carbonyl (C=O) groups excluding carboxylic acids is 2. The van der Waals surface area contributed by atoms with Gasteiger partial charge >= 0.3 is 0 Å². The van der Waals surface area contributed by atoms with Crippen LogP contribution in [0.1, 0.15) is 19.3 Å². The average molecular weight is 268 g/mol. The number of hydrogen-bond acceptors (Lipinski definition) is 4. The second-order valence-corrected chi connectivity index (χ2v) is 4.86. The fraction of sp³-hybridized carbons (Fsp3) is 0.692. The third-order valence-electron chi connectivity index (χ3n) is 3.34. The van der Waals surface area contributed by atoms with E-state index in [9.17, 15) is 9.59 Å². The number of likely N-dealkylation sites (N-methyl/N-ethyl adjacent to an activating group) is 1. The molecule has 0 aromatic rings. The van der Waals surface area contributed by atoms with Crippen molar-refractivity contribution < 1.29 is 9.59 Å². The lowest BCUT2D eigenvalue weighted by atomic mass is 10.0. The van der Waals surface area contributed by atoms with Crippen LogP contribution in [0.3, 0.4) is 0 Å². The molecule has 6 heteroatoms. The van der Waals surface area contributed by atoms with Gasteiger partial charge in [0.2, 0.25) is 11.8 Å². The zero-order chi connectivity index (χ0) is 14.3. The Morgan fingerprint density at radius 1 is 1.47 bits per heavy atom. The normalized spacial score (nSPS) is 18.6. The van der Waals surface area contributed by atoms with Gasteiger partial charge in [0.25, 0.3) is 0 Å². The minimum absolute atomic E-state index is 0.0236. The smallest absolute Gasteiger partial charge is 0.237 e. The highest BCUT2D eigenvalue weighted by atomic mass is 16.2. The van der Waals surface area contributed by atoms with E-state index >= 15 is 0 Å². The van der Waals surface area contributed by atoms with Crippen LogP contribution in [0.4, 0.5) is 0 Å². The summed E-state index contributed by atoms with van der Waals surface area (Å²) in [5, 5.41) is 5.56. The van der Waals surface area contributed by atoms with Crippen molar-refractivity contribution in [2.75, 3.05) is 26.7 Å². The topological polar surface area (TPSA) is 87.5 Å². The number of carbonyl (C=O) groups is 2. The quantitative estimate of drug-likeness (QED) is 0.551. The van der Waals surface area contributed by atoms with Gasteiger partial charge in [-0.15, -0.1) is 6.58 Å². The summed E-state index contributed by atoms with van der Waals surface area (Å²) in [7, 11) is 1.64. The Bertz CT molecular complexity index is 325. The lowest BCUT2D eigenvalue weighted by molar-refractivity contribution is -0.124. The van der Waals surface area contributed by atoms with Gasteiger partial charge < -0.3 is 16.4 Å². The Hall–Kier alpha value is -1.40. The van der Waals surface area contributed by atoms with Gasteiger partial charge in [0.1, 0.15) is 0 Å². The van der Waals surface area contributed by atoms with Crippen LogP contribution in [0, 0.1) is 0 Å². The third kappa shape index (κ3) is 5.40. The second-order valence-electron chi connectivity index (χ2n) is 4.86. The molecule has 1 rings (SSSR count). The highest BCUT2D eigenvalue weighted by Gasteiger charge is 2.23. The third-order valence-corrected chi connectivity index (χ3v) is 3.34. The highest BCUT2D eigenvalue weighted by Crippen LogP contribution is 2.10. The zero-order valence-corrected chi connectivity index (χ0v) is 11.5. The summed E-state index contributed by atoms with van der Waals surface area (Å²) in [6.07, 6.45) is 3.84. The second kappa shape index (κ2) is 7.91. The number of nitrogens with one attached hydrogen (secondary N) is 2. The molecule has 0 spiro atoms. The van der Waals surface area contributed by atoms with Crippen molar-refractivity contribution in [2.24, 2.45) is 5.73 Å². The Kier molecular flexibility index (Phi) is 6.52. The molecular weight excluding hydrogens is 244 g/mol. The molecule has 1 fully saturated rings. The molecule has 19 heavy (non-hydrogen) atoms. The Labute approximate surface area is 114 Å². The number of nitrogens with two attached hydrogens (primary N) is 1. The predicted octanol–water partition coefficient (Wildman–Crippen LogP) is -0.784. The zero-order valence-electron chi connectivity index (χ0n) is 11.5. The molecule has 4 N–H and O–H groups in total. The molecule has 0 aromatic carbocycles. The summed E-state index contributed by atoms with van der Waals surface area (Å²) < 4.78 is 0. The summed E-state index contributed by atoms with van der Waals surface area (Å²) in [5.41, 5.74) is 5.71. The predicted molar refractivity (Wildman–Crippen MR) is 74.5 cm³/mol. The fourth-order valence-corrected chi connectivity index (χ4v) is 2.11. The molecule has 0 aliphatic carbocycles. The van der Waals surface area contributed by atoms with Crippen LogP contribution in [0.2, 0.25) is 0 Å². The molecule has 2 amide bonds. The van der Waals surface area contributed by atoms with Crippen LogP contribution in [-0.2, 0) is 9.59 Å². The maximum Gasteiger partial charge on any atom is 0.237 e. The Morgan fingerprint density at radius 3 is 2.63 bits per heavy atom. The van der Waals surface area contributed by atoms with Crippen molar-refractivity contribution in [3.63, 3.8) is 0 Å². The number of rotatable bonds is 6. The van der Waals surface area contributed by atoms with Crippen LogP contribution >= 0.6 is 0 Å². The summed E-state index contributed by atoms with van der Waals surface area (Å²) in [6.45, 7) is 5.62. The summed E-state index contributed by atoms with van der Waals surface area (Å²) in [4.78, 5) is 25.1. The van der Waals surface area contributed by atoms with Gasteiger partial charge in [-0.2, -0.15) is 0 Å². The van der Waals surface area contributed by atoms with Gasteiger partial charge in [0.15, 0.2) is 0 Å². The molecule has 0 bridgehead atoms. The number of piperidine rings is 1. The first kappa shape index (κ1) is 15.7. The first-order valence-electron chi connectivity index (χ1n) is 6.66. The minimum Gasteiger partial charge on any atom is -0.358 e. The van der Waals surface area contributed by atoms with Gasteiger partial charge in [-0.1, -0.05) is 6.08 Å². The molecule has 0 aromatic heterocycles. The molecular formula is C13H24N4O2. The monoisotopic (exact) mass is 268 g/mol. The summed E-state index contributed by atoms with van der Waals surface area (Å²) >= 11 is 0. The van der Waals surface area contributed by atoms with Crippen molar-refractivity contribution in [2.45, 2.75) is 31.3 Å². The van der Waals surface area contributed by atoms with E-state index in [1.807, 2.05) is 0 Å². The van der Waals surface area contributed by atoms with E-state index in [1.54, 1.807) is 13.1 Å². The molecule has 1 aliphatic heterocycles. The maximum atomic E-state index is 11.7. The van der Waals surface area contributed by atoms with Gasteiger partial charge in [-0.3, -0.25) is 14.5 Å². The van der Waals surface area contributed by atoms with Crippen molar-refractivity contribution in [1.29, 1.82) is 0 Å². The van der Waals surface area contributed by atoms with Gasteiger partial charge in [0, 0.05) is 26.2 Å². The van der Waals surface area contributed by atoms with Gasteiger partial charge in [0.05, 0.1) is 12.6 Å². The average Bonchev–Trinajstić information content (AvgIpc) is 2.41. The van der Waals surface area contributed by atoms with Crippen LogP contribution < -0.4 is 16.4 Å². The summed E-state index contributed by atoms with van der Waals surface area (Å²) in [6, 6.07) is -0.356. The molecule has 0 radical (unpaired) electrons. The first-order chi connectivity index (χ1) is 9.06. The molecule has 1 atom stereocenters. The molecule has 108 valence electrons. The molecule has 1 heterocycles. The number of nitrogens with zero attached hydrogens (tertiary/aromatic N) is 1. The molecule has 0 saturated carbocycles. The van der Waals surface area contributed by atoms with Gasteiger partial charge in [-0.05, 0) is 19.3 Å². The molecule has 6 nitrogen and oxygen atoms in total. The van der Waals surface area contributed by atoms with E-state index in [0.717, 1.165) is 25.9 Å². The van der Waals surface area contributed by atoms with E-state index in [0.29, 0.717) is 13.0 Å². The van der Waals surface area contributed by atoms with Crippen molar-refractivity contribution in [3.05, 3.63) is 12.7 Å². The van der Waals surface area contributed by atoms with Crippen LogP contribution in [0.5, 0.6) is 0 Å². The van der Waals surface area contributed by atoms with Crippen molar-refractivity contribution in [3.8, 4) is 0 Å². The van der Waals surface area contributed by atoms with Crippen LogP contribution in [-0.4, -0.2) is 55.5 Å². The molecule has 1 saturated heterocycles. The van der Waals surface area contributed by atoms with E-state index in [1.165, 1.54) is 0 Å². The summed E-state index contributed by atoms with van der Waals surface area (Å²) in [5.74, 6) is -0.0971. The van der Waals surface area contributed by atoms with Crippen molar-refractivity contribution in [1.82, 2.24) is 15.5 Å². The van der Waals surface area contributed by atoms with Gasteiger partial charge in [-0.25, -0.2) is 0 Å². The maximum absolute atomic E-state index is 11.7. The fourth-order valence-electron chi connectivity index (χ4n) is 2.11. The van der Waals surface area contributed by atoms with E-state index < -0.39 is 6.04 Å². The van der Waals surface area contributed by atoms with Crippen LogP contribution in [0.15, 0.2) is 12.7 Å². The Morgan fingerprint density at radius 2 is 2.11 bits per heavy atom. The van der Waals surface area contributed by atoms with Crippen molar-refractivity contribution >= 4 is 11.8 Å². The van der Waals surface area contributed by atoms with E-state index in [2.05, 4.69) is 22.1 Å². The standard InChI is InChI=1S/C13H24N4O2/c1-3-4-11(14)13(19)16-10-5-7-17(8-6-10)9-12(18)15-2/h3,10-11H,1,4-9,14H2,2H3,(H,15,18)(H,16,19). The molecule has 1 unspecified atom stereocenters. The Balaban J connectivity index is 2.28. The SMILES string of the molecule is C=CCC(N)C(=O)NC1CCN(CC(=O)NC)CC1. The van der Waals surface area contributed by atoms with E-state index in [4.69, 9.17) is 5.73 Å².